The molecule has 0 amide bonds. The van der Waals surface area contributed by atoms with Gasteiger partial charge >= 0.3 is 0 Å². The Morgan fingerprint density at radius 1 is 1.67 bits per heavy atom. The van der Waals surface area contributed by atoms with Gasteiger partial charge in [-0.25, -0.2) is 0 Å². The highest BCUT2D eigenvalue weighted by molar-refractivity contribution is 7.10. The molecule has 1 atom stereocenters. The molecule has 0 radical (unpaired) electrons. The topological polar surface area (TPSA) is 40.5 Å². The third-order valence-corrected chi connectivity index (χ3v) is 2.07. The summed E-state index contributed by atoms with van der Waals surface area (Å²) in [5, 5.41) is 19.9. The zero-order chi connectivity index (χ0) is 9.03. The minimum atomic E-state index is -1.29. The number of hydrogen-bond acceptors (Lipinski definition) is 3. The third kappa shape index (κ3) is 2.67. The van der Waals surface area contributed by atoms with Crippen molar-refractivity contribution in [3.8, 4) is 11.8 Å². The molecular weight excluding hydrogens is 172 g/mol. The van der Waals surface area contributed by atoms with Gasteiger partial charge < -0.3 is 10.2 Å². The Balaban J connectivity index is 2.72. The molecule has 0 aliphatic carbocycles. The summed E-state index contributed by atoms with van der Waals surface area (Å²) < 4.78 is 0. The van der Waals surface area contributed by atoms with E-state index in [0.717, 1.165) is 4.88 Å². The van der Waals surface area contributed by atoms with Crippen LogP contribution in [-0.4, -0.2) is 22.4 Å². The Labute approximate surface area is 75.5 Å². The molecule has 1 rings (SSSR count). The van der Waals surface area contributed by atoms with E-state index in [0.29, 0.717) is 0 Å². The van der Waals surface area contributed by atoms with Gasteiger partial charge in [-0.1, -0.05) is 17.9 Å². The predicted octanol–water partition coefficient (Wildman–Crippen LogP) is 0.843. The first-order chi connectivity index (χ1) is 5.64. The van der Waals surface area contributed by atoms with Gasteiger partial charge in [0.2, 0.25) is 0 Å². The molecule has 2 N–H and O–H groups in total. The summed E-state index contributed by atoms with van der Waals surface area (Å²) in [6.07, 6.45) is 0. The summed E-state index contributed by atoms with van der Waals surface area (Å²) in [7, 11) is 0. The zero-order valence-electron chi connectivity index (χ0n) is 6.74. The number of aliphatic hydroxyl groups is 2. The standard InChI is InChI=1S/C9H10O2S/c1-9(11,7-10)5-4-8-3-2-6-12-8/h2-3,6,10-11H,7H2,1H3. The lowest BCUT2D eigenvalue weighted by Gasteiger charge is -2.10. The molecule has 0 aliphatic rings. The monoisotopic (exact) mass is 182 g/mol. The van der Waals surface area contributed by atoms with Gasteiger partial charge in [0.15, 0.2) is 0 Å². The fourth-order valence-corrected chi connectivity index (χ4v) is 1.16. The highest BCUT2D eigenvalue weighted by atomic mass is 32.1. The second-order valence-corrected chi connectivity index (χ2v) is 3.61. The molecule has 1 unspecified atom stereocenters. The van der Waals surface area contributed by atoms with Gasteiger partial charge in [-0.05, 0) is 18.4 Å². The van der Waals surface area contributed by atoms with Crippen molar-refractivity contribution in [1.29, 1.82) is 0 Å². The van der Waals surface area contributed by atoms with Crippen LogP contribution in [0.1, 0.15) is 11.8 Å². The summed E-state index contributed by atoms with van der Waals surface area (Å²) in [4.78, 5) is 0.892. The summed E-state index contributed by atoms with van der Waals surface area (Å²) in [5.74, 6) is 5.35. The molecule has 3 heteroatoms. The Kier molecular flexibility index (Phi) is 2.88. The smallest absolute Gasteiger partial charge is 0.145 e. The van der Waals surface area contributed by atoms with Gasteiger partial charge in [0, 0.05) is 0 Å². The van der Waals surface area contributed by atoms with Gasteiger partial charge in [0.25, 0.3) is 0 Å². The summed E-state index contributed by atoms with van der Waals surface area (Å²) in [6.45, 7) is 1.14. The Bertz CT molecular complexity index is 290. The average molecular weight is 182 g/mol. The van der Waals surface area contributed by atoms with E-state index in [1.54, 1.807) is 0 Å². The maximum absolute atomic E-state index is 9.30. The van der Waals surface area contributed by atoms with Crippen LogP contribution < -0.4 is 0 Å². The second kappa shape index (κ2) is 3.72. The number of hydrogen-bond donors (Lipinski definition) is 2. The molecule has 0 fully saturated rings. The Hall–Kier alpha value is -0.820. The average Bonchev–Trinajstić information content (AvgIpc) is 2.53. The lowest BCUT2D eigenvalue weighted by molar-refractivity contribution is 0.0519. The fraction of sp³-hybridized carbons (Fsp3) is 0.333. The van der Waals surface area contributed by atoms with Crippen LogP contribution in [0.15, 0.2) is 17.5 Å². The van der Waals surface area contributed by atoms with Crippen LogP contribution >= 0.6 is 11.3 Å². The van der Waals surface area contributed by atoms with Crippen LogP contribution in [0.3, 0.4) is 0 Å². The number of thiophene rings is 1. The van der Waals surface area contributed by atoms with E-state index in [9.17, 15) is 5.11 Å². The maximum Gasteiger partial charge on any atom is 0.145 e. The van der Waals surface area contributed by atoms with Gasteiger partial charge in [0.1, 0.15) is 5.60 Å². The molecule has 1 heterocycles. The molecule has 0 saturated carbocycles. The van der Waals surface area contributed by atoms with E-state index in [1.165, 1.54) is 18.3 Å². The Morgan fingerprint density at radius 2 is 2.42 bits per heavy atom. The van der Waals surface area contributed by atoms with Crippen molar-refractivity contribution in [3.05, 3.63) is 22.4 Å². The molecular formula is C9H10O2S. The Morgan fingerprint density at radius 3 is 2.92 bits per heavy atom. The van der Waals surface area contributed by atoms with Crippen molar-refractivity contribution in [2.75, 3.05) is 6.61 Å². The lowest BCUT2D eigenvalue weighted by atomic mass is 10.1. The molecule has 0 spiro atoms. The zero-order valence-corrected chi connectivity index (χ0v) is 7.56. The van der Waals surface area contributed by atoms with Gasteiger partial charge in [-0.3, -0.25) is 0 Å². The first-order valence-corrected chi connectivity index (χ1v) is 4.42. The van der Waals surface area contributed by atoms with E-state index in [1.807, 2.05) is 17.5 Å². The lowest BCUT2D eigenvalue weighted by Crippen LogP contribution is -2.26. The first-order valence-electron chi connectivity index (χ1n) is 3.54. The third-order valence-electron chi connectivity index (χ3n) is 1.28. The first kappa shape index (κ1) is 9.27. The summed E-state index contributed by atoms with van der Waals surface area (Å²) in [5.41, 5.74) is -1.29. The molecule has 0 aromatic carbocycles. The SMILES string of the molecule is CC(O)(C#Cc1cccs1)CO. The van der Waals surface area contributed by atoms with E-state index < -0.39 is 5.60 Å². The van der Waals surface area contributed by atoms with E-state index in [-0.39, 0.29) is 6.61 Å². The normalized spacial score (nSPS) is 14.6. The van der Waals surface area contributed by atoms with Crippen LogP contribution in [0.5, 0.6) is 0 Å². The number of rotatable bonds is 1. The number of aliphatic hydroxyl groups excluding tert-OH is 1. The van der Waals surface area contributed by atoms with Crippen molar-refractivity contribution in [3.63, 3.8) is 0 Å². The molecule has 0 saturated heterocycles. The molecule has 12 heavy (non-hydrogen) atoms. The maximum atomic E-state index is 9.30. The van der Waals surface area contributed by atoms with Crippen LogP contribution in [0.25, 0.3) is 0 Å². The van der Waals surface area contributed by atoms with Crippen molar-refractivity contribution in [2.45, 2.75) is 12.5 Å². The van der Waals surface area contributed by atoms with Crippen molar-refractivity contribution in [2.24, 2.45) is 0 Å². The van der Waals surface area contributed by atoms with E-state index in [2.05, 4.69) is 11.8 Å². The molecule has 1 aromatic heterocycles. The van der Waals surface area contributed by atoms with Gasteiger partial charge in [-0.2, -0.15) is 0 Å². The summed E-state index contributed by atoms with van der Waals surface area (Å²) >= 11 is 1.51. The molecule has 0 aliphatic heterocycles. The van der Waals surface area contributed by atoms with Crippen LogP contribution in [-0.2, 0) is 0 Å². The minimum absolute atomic E-state index is 0.342. The molecule has 1 aromatic rings. The highest BCUT2D eigenvalue weighted by Gasteiger charge is 2.13. The molecule has 0 bridgehead atoms. The molecule has 2 nitrogen and oxygen atoms in total. The van der Waals surface area contributed by atoms with Gasteiger partial charge in [-0.15, -0.1) is 11.3 Å². The summed E-state index contributed by atoms with van der Waals surface area (Å²) in [6, 6.07) is 3.76. The van der Waals surface area contributed by atoms with Crippen LogP contribution in [0, 0.1) is 11.8 Å². The van der Waals surface area contributed by atoms with Crippen molar-refractivity contribution in [1.82, 2.24) is 0 Å². The predicted molar refractivity (Wildman–Crippen MR) is 48.9 cm³/mol. The van der Waals surface area contributed by atoms with E-state index >= 15 is 0 Å². The fourth-order valence-electron chi connectivity index (χ4n) is 0.585. The second-order valence-electron chi connectivity index (χ2n) is 2.66. The van der Waals surface area contributed by atoms with E-state index in [4.69, 9.17) is 5.11 Å². The largest absolute Gasteiger partial charge is 0.392 e. The highest BCUT2D eigenvalue weighted by Crippen LogP contribution is 2.07. The minimum Gasteiger partial charge on any atom is -0.392 e. The molecule has 64 valence electrons. The van der Waals surface area contributed by atoms with Crippen molar-refractivity contribution >= 4 is 11.3 Å². The van der Waals surface area contributed by atoms with Gasteiger partial charge in [0.05, 0.1) is 11.5 Å². The van der Waals surface area contributed by atoms with Crippen LogP contribution in [0.4, 0.5) is 0 Å². The van der Waals surface area contributed by atoms with Crippen molar-refractivity contribution < 1.29 is 10.2 Å². The van der Waals surface area contributed by atoms with Crippen LogP contribution in [0.2, 0.25) is 0 Å². The quantitative estimate of drug-likeness (QED) is 0.632.